The maximum absolute atomic E-state index is 12.4. The molecule has 0 saturated carbocycles. The fourth-order valence-electron chi connectivity index (χ4n) is 2.45. The molecule has 10 heteroatoms. The molecule has 0 atom stereocenters. The molecule has 30 heavy (non-hydrogen) atoms. The van der Waals surface area contributed by atoms with Crippen LogP contribution in [0.5, 0.6) is 5.75 Å². The van der Waals surface area contributed by atoms with E-state index in [9.17, 15) is 23.3 Å². The van der Waals surface area contributed by atoms with E-state index in [1.165, 1.54) is 48.5 Å². The highest BCUT2D eigenvalue weighted by molar-refractivity contribution is 7.92. The van der Waals surface area contributed by atoms with Crippen LogP contribution in [0.4, 0.5) is 17.1 Å². The summed E-state index contributed by atoms with van der Waals surface area (Å²) in [5, 5.41) is 13.2. The number of benzene rings is 3. The first-order valence-electron chi connectivity index (χ1n) is 8.68. The monoisotopic (exact) mass is 427 g/mol. The second-order valence-electron chi connectivity index (χ2n) is 6.08. The summed E-state index contributed by atoms with van der Waals surface area (Å²) in [6.07, 6.45) is 0. The van der Waals surface area contributed by atoms with Gasteiger partial charge < -0.3 is 10.1 Å². The van der Waals surface area contributed by atoms with Gasteiger partial charge in [-0.2, -0.15) is 0 Å². The van der Waals surface area contributed by atoms with Crippen LogP contribution in [0, 0.1) is 10.1 Å². The van der Waals surface area contributed by atoms with Gasteiger partial charge >= 0.3 is 0 Å². The lowest BCUT2D eigenvalue weighted by atomic mass is 10.3. The molecule has 2 N–H and O–H groups in total. The zero-order valence-corrected chi connectivity index (χ0v) is 16.3. The summed E-state index contributed by atoms with van der Waals surface area (Å²) in [6, 6.07) is 19.5. The van der Waals surface area contributed by atoms with E-state index >= 15 is 0 Å². The van der Waals surface area contributed by atoms with Crippen LogP contribution in [0.3, 0.4) is 0 Å². The molecule has 0 saturated heterocycles. The number of nitro benzene ring substituents is 1. The Hall–Kier alpha value is -3.92. The summed E-state index contributed by atoms with van der Waals surface area (Å²) >= 11 is 0. The van der Waals surface area contributed by atoms with Crippen molar-refractivity contribution in [2.45, 2.75) is 4.90 Å². The molecule has 9 nitrogen and oxygen atoms in total. The van der Waals surface area contributed by atoms with Crippen molar-refractivity contribution in [2.75, 3.05) is 16.6 Å². The summed E-state index contributed by atoms with van der Waals surface area (Å²) in [5.74, 6) is -0.157. The van der Waals surface area contributed by atoms with Gasteiger partial charge in [-0.25, -0.2) is 8.42 Å². The summed E-state index contributed by atoms with van der Waals surface area (Å²) in [5.41, 5.74) is 0.757. The highest BCUT2D eigenvalue weighted by Crippen LogP contribution is 2.19. The molecule has 1 amide bonds. The maximum atomic E-state index is 12.4. The smallest absolute Gasteiger partial charge is 0.269 e. The van der Waals surface area contributed by atoms with E-state index in [1.807, 2.05) is 0 Å². The van der Waals surface area contributed by atoms with Crippen LogP contribution in [0.15, 0.2) is 83.8 Å². The van der Waals surface area contributed by atoms with Crippen LogP contribution in [-0.4, -0.2) is 25.9 Å². The summed E-state index contributed by atoms with van der Waals surface area (Å²) in [7, 11) is -3.75. The number of non-ortho nitro benzene ring substituents is 1. The molecule has 0 aliphatic heterocycles. The molecule has 3 rings (SSSR count). The number of para-hydroxylation sites is 1. The van der Waals surface area contributed by atoms with Crippen LogP contribution in [0.25, 0.3) is 0 Å². The fraction of sp³-hybridized carbons (Fsp3) is 0.0500. The van der Waals surface area contributed by atoms with Gasteiger partial charge in [-0.3, -0.25) is 19.6 Å². The number of sulfonamides is 1. The molecular weight excluding hydrogens is 410 g/mol. The van der Waals surface area contributed by atoms with Gasteiger partial charge in [0.25, 0.3) is 21.6 Å². The third kappa shape index (κ3) is 5.55. The first-order chi connectivity index (χ1) is 14.3. The van der Waals surface area contributed by atoms with Crippen molar-refractivity contribution in [2.24, 2.45) is 0 Å². The Kier molecular flexibility index (Phi) is 6.28. The average molecular weight is 427 g/mol. The molecule has 0 bridgehead atoms. The zero-order valence-electron chi connectivity index (χ0n) is 15.5. The van der Waals surface area contributed by atoms with Crippen molar-refractivity contribution >= 4 is 33.0 Å². The predicted molar refractivity (Wildman–Crippen MR) is 111 cm³/mol. The third-order valence-electron chi connectivity index (χ3n) is 3.89. The second-order valence-corrected chi connectivity index (χ2v) is 7.77. The van der Waals surface area contributed by atoms with E-state index < -0.39 is 20.9 Å². The third-order valence-corrected chi connectivity index (χ3v) is 5.29. The summed E-state index contributed by atoms with van der Waals surface area (Å²) in [4.78, 5) is 22.1. The number of carbonyl (C=O) groups excluding carboxylic acids is 1. The molecule has 0 spiro atoms. The molecule has 0 aliphatic rings. The minimum absolute atomic E-state index is 0.0477. The second kappa shape index (κ2) is 9.05. The molecular formula is C20H17N3O6S. The van der Waals surface area contributed by atoms with Crippen molar-refractivity contribution in [3.63, 3.8) is 0 Å². The number of hydrogen-bond acceptors (Lipinski definition) is 6. The SMILES string of the molecule is O=C(COc1ccc([N+](=O)[O-])cc1)Nc1ccc(S(=O)(=O)Nc2ccccc2)cc1. The highest BCUT2D eigenvalue weighted by atomic mass is 32.2. The number of nitro groups is 1. The number of nitrogens with zero attached hydrogens (tertiary/aromatic N) is 1. The Morgan fingerprint density at radius 2 is 1.53 bits per heavy atom. The van der Waals surface area contributed by atoms with Crippen LogP contribution in [0.1, 0.15) is 0 Å². The topological polar surface area (TPSA) is 128 Å². The maximum Gasteiger partial charge on any atom is 0.269 e. The number of ether oxygens (including phenoxy) is 1. The molecule has 154 valence electrons. The molecule has 0 heterocycles. The minimum atomic E-state index is -3.75. The van der Waals surface area contributed by atoms with Gasteiger partial charge in [0.1, 0.15) is 5.75 Å². The van der Waals surface area contributed by atoms with Gasteiger partial charge in [-0.05, 0) is 48.5 Å². The fourth-order valence-corrected chi connectivity index (χ4v) is 3.51. The number of nitrogens with one attached hydrogen (secondary N) is 2. The number of carbonyl (C=O) groups is 1. The van der Waals surface area contributed by atoms with Crippen molar-refractivity contribution in [3.8, 4) is 5.75 Å². The molecule has 0 aromatic heterocycles. The first kappa shape index (κ1) is 20.8. The Morgan fingerprint density at radius 3 is 2.13 bits per heavy atom. The van der Waals surface area contributed by atoms with Crippen molar-refractivity contribution in [3.05, 3.63) is 89.0 Å². The van der Waals surface area contributed by atoms with Gasteiger partial charge in [-0.15, -0.1) is 0 Å². The molecule has 0 radical (unpaired) electrons. The molecule has 0 aliphatic carbocycles. The number of amides is 1. The van der Waals surface area contributed by atoms with Crippen LogP contribution in [0.2, 0.25) is 0 Å². The lowest BCUT2D eigenvalue weighted by Gasteiger charge is -2.10. The normalized spacial score (nSPS) is 10.8. The predicted octanol–water partition coefficient (Wildman–Crippen LogP) is 3.41. The highest BCUT2D eigenvalue weighted by Gasteiger charge is 2.14. The van der Waals surface area contributed by atoms with Crippen molar-refractivity contribution < 1.29 is 22.9 Å². The molecule has 0 fully saturated rings. The average Bonchev–Trinajstić information content (AvgIpc) is 2.73. The van der Waals surface area contributed by atoms with Gasteiger partial charge in [0.05, 0.1) is 9.82 Å². The minimum Gasteiger partial charge on any atom is -0.484 e. The largest absolute Gasteiger partial charge is 0.484 e. The number of hydrogen-bond donors (Lipinski definition) is 2. The van der Waals surface area contributed by atoms with E-state index in [0.29, 0.717) is 17.1 Å². The van der Waals surface area contributed by atoms with Crippen molar-refractivity contribution in [1.82, 2.24) is 0 Å². The van der Waals surface area contributed by atoms with E-state index in [4.69, 9.17) is 4.74 Å². The number of rotatable bonds is 8. The lowest BCUT2D eigenvalue weighted by molar-refractivity contribution is -0.384. The van der Waals surface area contributed by atoms with Gasteiger partial charge in [-0.1, -0.05) is 18.2 Å². The lowest BCUT2D eigenvalue weighted by Crippen LogP contribution is -2.20. The van der Waals surface area contributed by atoms with Gasteiger partial charge in [0.15, 0.2) is 6.61 Å². The Labute approximate surface area is 172 Å². The van der Waals surface area contributed by atoms with Crippen LogP contribution in [-0.2, 0) is 14.8 Å². The van der Waals surface area contributed by atoms with E-state index in [0.717, 1.165) is 0 Å². The van der Waals surface area contributed by atoms with Crippen LogP contribution < -0.4 is 14.8 Å². The van der Waals surface area contributed by atoms with E-state index in [-0.39, 0.29) is 17.2 Å². The van der Waals surface area contributed by atoms with E-state index in [2.05, 4.69) is 10.0 Å². The summed E-state index contributed by atoms with van der Waals surface area (Å²) in [6.45, 7) is -0.312. The zero-order chi connectivity index (χ0) is 21.6. The van der Waals surface area contributed by atoms with Crippen LogP contribution >= 0.6 is 0 Å². The Morgan fingerprint density at radius 1 is 0.900 bits per heavy atom. The Balaban J connectivity index is 1.55. The molecule has 3 aromatic rings. The summed E-state index contributed by atoms with van der Waals surface area (Å²) < 4.78 is 32.5. The molecule has 0 unspecified atom stereocenters. The Bertz CT molecular complexity index is 1130. The number of anilines is 2. The molecule has 3 aromatic carbocycles. The van der Waals surface area contributed by atoms with Gasteiger partial charge in [0.2, 0.25) is 0 Å². The standard InChI is InChI=1S/C20H17N3O6S/c24-20(14-29-18-10-8-17(9-11-18)23(25)26)21-15-6-12-19(13-7-15)30(27,28)22-16-4-2-1-3-5-16/h1-13,22H,14H2,(H,21,24). The van der Waals surface area contributed by atoms with Crippen molar-refractivity contribution in [1.29, 1.82) is 0 Å². The van der Waals surface area contributed by atoms with E-state index in [1.54, 1.807) is 30.3 Å². The van der Waals surface area contributed by atoms with Gasteiger partial charge in [0, 0.05) is 23.5 Å². The quantitative estimate of drug-likeness (QED) is 0.419. The first-order valence-corrected chi connectivity index (χ1v) is 10.2.